The van der Waals surface area contributed by atoms with Crippen molar-refractivity contribution in [2.24, 2.45) is 5.92 Å². The highest BCUT2D eigenvalue weighted by atomic mass is 16.6. The first-order valence-electron chi connectivity index (χ1n) is 7.94. The third kappa shape index (κ3) is 3.81. The normalized spacial score (nSPS) is 20.9. The highest BCUT2D eigenvalue weighted by Crippen LogP contribution is 2.42. The maximum atomic E-state index is 12.7. The van der Waals surface area contributed by atoms with Crippen LogP contribution in [0.2, 0.25) is 0 Å². The Kier molecular flexibility index (Phi) is 4.93. The molecule has 124 valence electrons. The molecular formula is C19H25NO3. The molecule has 2 atom stereocenters. The number of carbonyl (C=O) groups is 2. The Balaban J connectivity index is 2.36. The van der Waals surface area contributed by atoms with Crippen LogP contribution < -0.4 is 4.90 Å². The molecule has 4 heteroatoms. The van der Waals surface area contributed by atoms with Crippen LogP contribution in [0.5, 0.6) is 0 Å². The standard InChI is InChI=1S/C19H25NO3/c1-6-9-14-15(12-17(21)23-19(2,3)4)13-10-7-8-11-16(13)20(5)18(14)22/h6-8,10-11,14-15H,1,9,12H2,2-5H3/t14-,15-/m1/s1. The van der Waals surface area contributed by atoms with Crippen LogP contribution in [-0.4, -0.2) is 24.5 Å². The first-order valence-corrected chi connectivity index (χ1v) is 7.94. The highest BCUT2D eigenvalue weighted by molar-refractivity contribution is 5.99. The zero-order valence-corrected chi connectivity index (χ0v) is 14.3. The summed E-state index contributed by atoms with van der Waals surface area (Å²) in [6.45, 7) is 9.30. The maximum Gasteiger partial charge on any atom is 0.306 e. The summed E-state index contributed by atoms with van der Waals surface area (Å²) in [5.41, 5.74) is 1.36. The van der Waals surface area contributed by atoms with Crippen LogP contribution in [0.25, 0.3) is 0 Å². The number of allylic oxidation sites excluding steroid dienone is 1. The molecule has 4 nitrogen and oxygen atoms in total. The molecule has 0 fully saturated rings. The first kappa shape index (κ1) is 17.3. The van der Waals surface area contributed by atoms with Crippen LogP contribution in [0.3, 0.4) is 0 Å². The summed E-state index contributed by atoms with van der Waals surface area (Å²) in [7, 11) is 1.78. The highest BCUT2D eigenvalue weighted by Gasteiger charge is 2.39. The van der Waals surface area contributed by atoms with Crippen molar-refractivity contribution < 1.29 is 14.3 Å². The van der Waals surface area contributed by atoms with E-state index in [0.29, 0.717) is 6.42 Å². The summed E-state index contributed by atoms with van der Waals surface area (Å²) >= 11 is 0. The van der Waals surface area contributed by atoms with Crippen molar-refractivity contribution in [3.05, 3.63) is 42.5 Å². The van der Waals surface area contributed by atoms with E-state index in [0.717, 1.165) is 11.3 Å². The van der Waals surface area contributed by atoms with Crippen LogP contribution in [0.1, 0.15) is 45.1 Å². The van der Waals surface area contributed by atoms with Crippen LogP contribution in [0.4, 0.5) is 5.69 Å². The van der Waals surface area contributed by atoms with Gasteiger partial charge in [-0.25, -0.2) is 0 Å². The topological polar surface area (TPSA) is 46.6 Å². The average Bonchev–Trinajstić information content (AvgIpc) is 2.46. The number of fused-ring (bicyclic) bond motifs is 1. The molecule has 1 aromatic rings. The number of anilines is 1. The molecule has 0 aromatic heterocycles. The fourth-order valence-corrected chi connectivity index (χ4v) is 3.12. The summed E-state index contributed by atoms with van der Waals surface area (Å²) in [6.07, 6.45) is 2.49. The van der Waals surface area contributed by atoms with Gasteiger partial charge in [0, 0.05) is 24.6 Å². The van der Waals surface area contributed by atoms with E-state index in [9.17, 15) is 9.59 Å². The van der Waals surface area contributed by atoms with Gasteiger partial charge in [-0.1, -0.05) is 24.3 Å². The first-order chi connectivity index (χ1) is 10.7. The van der Waals surface area contributed by atoms with Crippen molar-refractivity contribution in [1.82, 2.24) is 0 Å². The molecule has 1 heterocycles. The van der Waals surface area contributed by atoms with Gasteiger partial charge in [0.1, 0.15) is 5.60 Å². The molecule has 0 unspecified atom stereocenters. The minimum atomic E-state index is -0.528. The minimum absolute atomic E-state index is 0.0251. The molecule has 1 aromatic carbocycles. The summed E-state index contributed by atoms with van der Waals surface area (Å²) in [6, 6.07) is 7.75. The van der Waals surface area contributed by atoms with Crippen molar-refractivity contribution in [2.75, 3.05) is 11.9 Å². The van der Waals surface area contributed by atoms with Crippen molar-refractivity contribution >= 4 is 17.6 Å². The lowest BCUT2D eigenvalue weighted by molar-refractivity contribution is -0.155. The third-order valence-corrected chi connectivity index (χ3v) is 4.06. The van der Waals surface area contributed by atoms with Gasteiger partial charge in [0.2, 0.25) is 5.91 Å². The average molecular weight is 315 g/mol. The quantitative estimate of drug-likeness (QED) is 0.629. The molecule has 0 radical (unpaired) electrons. The Morgan fingerprint density at radius 1 is 1.30 bits per heavy atom. The lowest BCUT2D eigenvalue weighted by Crippen LogP contribution is -2.41. The summed E-state index contributed by atoms with van der Waals surface area (Å²) in [4.78, 5) is 26.7. The van der Waals surface area contributed by atoms with Gasteiger partial charge in [-0.05, 0) is 38.8 Å². The van der Waals surface area contributed by atoms with Gasteiger partial charge >= 0.3 is 5.97 Å². The van der Waals surface area contributed by atoms with E-state index in [2.05, 4.69) is 6.58 Å². The number of nitrogens with zero attached hydrogens (tertiary/aromatic N) is 1. The Bertz CT molecular complexity index is 615. The van der Waals surface area contributed by atoms with Gasteiger partial charge in [-0.15, -0.1) is 6.58 Å². The van der Waals surface area contributed by atoms with E-state index in [1.807, 2.05) is 45.0 Å². The van der Waals surface area contributed by atoms with E-state index < -0.39 is 5.60 Å². The van der Waals surface area contributed by atoms with E-state index in [-0.39, 0.29) is 30.1 Å². The number of ether oxygens (including phenoxy) is 1. The molecular weight excluding hydrogens is 290 g/mol. The second-order valence-electron chi connectivity index (χ2n) is 6.98. The molecule has 23 heavy (non-hydrogen) atoms. The van der Waals surface area contributed by atoms with Crippen molar-refractivity contribution in [1.29, 1.82) is 0 Å². The predicted molar refractivity (Wildman–Crippen MR) is 91.4 cm³/mol. The number of hydrogen-bond donors (Lipinski definition) is 0. The van der Waals surface area contributed by atoms with E-state index in [1.165, 1.54) is 0 Å². The van der Waals surface area contributed by atoms with Gasteiger partial charge in [0.25, 0.3) is 0 Å². The Labute approximate surface area is 138 Å². The SMILES string of the molecule is C=CC[C@H]1C(=O)N(C)c2ccccc2[C@H]1CC(=O)OC(C)(C)C. The second-order valence-corrected chi connectivity index (χ2v) is 6.98. The van der Waals surface area contributed by atoms with Crippen LogP contribution in [0.15, 0.2) is 36.9 Å². The van der Waals surface area contributed by atoms with E-state index in [1.54, 1.807) is 18.0 Å². The van der Waals surface area contributed by atoms with Crippen molar-refractivity contribution in [2.45, 2.75) is 45.1 Å². The fraction of sp³-hybridized carbons (Fsp3) is 0.474. The van der Waals surface area contributed by atoms with Gasteiger partial charge in [0.05, 0.1) is 6.42 Å². The molecule has 1 aliphatic heterocycles. The number of benzene rings is 1. The van der Waals surface area contributed by atoms with Crippen LogP contribution >= 0.6 is 0 Å². The lowest BCUT2D eigenvalue weighted by atomic mass is 9.77. The number of amides is 1. The molecule has 0 saturated carbocycles. The number of hydrogen-bond acceptors (Lipinski definition) is 3. The zero-order chi connectivity index (χ0) is 17.2. The number of esters is 1. The molecule has 2 rings (SSSR count). The number of carbonyl (C=O) groups excluding carboxylic acids is 2. The largest absolute Gasteiger partial charge is 0.460 e. The van der Waals surface area contributed by atoms with Crippen LogP contribution in [0, 0.1) is 5.92 Å². The number of rotatable bonds is 4. The van der Waals surface area contributed by atoms with Gasteiger partial charge in [-0.2, -0.15) is 0 Å². The van der Waals surface area contributed by atoms with Crippen molar-refractivity contribution in [3.8, 4) is 0 Å². The van der Waals surface area contributed by atoms with E-state index >= 15 is 0 Å². The Morgan fingerprint density at radius 2 is 1.96 bits per heavy atom. The van der Waals surface area contributed by atoms with Gasteiger partial charge in [0.15, 0.2) is 0 Å². The molecule has 0 N–H and O–H groups in total. The molecule has 0 bridgehead atoms. The lowest BCUT2D eigenvalue weighted by Gasteiger charge is -2.37. The van der Waals surface area contributed by atoms with Gasteiger partial charge in [-0.3, -0.25) is 9.59 Å². The summed E-state index contributed by atoms with van der Waals surface area (Å²) < 4.78 is 5.45. The molecule has 0 saturated heterocycles. The monoisotopic (exact) mass is 315 g/mol. The summed E-state index contributed by atoms with van der Waals surface area (Å²) in [5.74, 6) is -0.705. The van der Waals surface area contributed by atoms with E-state index in [4.69, 9.17) is 4.74 Å². The molecule has 1 aliphatic rings. The smallest absolute Gasteiger partial charge is 0.306 e. The molecule has 0 spiro atoms. The Hall–Kier alpha value is -2.10. The Morgan fingerprint density at radius 3 is 2.57 bits per heavy atom. The predicted octanol–water partition coefficient (Wildman–Crippen LogP) is 3.67. The second kappa shape index (κ2) is 6.57. The van der Waals surface area contributed by atoms with Gasteiger partial charge < -0.3 is 9.64 Å². The third-order valence-electron chi connectivity index (χ3n) is 4.06. The zero-order valence-electron chi connectivity index (χ0n) is 14.3. The number of para-hydroxylation sites is 1. The maximum absolute atomic E-state index is 12.7. The van der Waals surface area contributed by atoms with Crippen molar-refractivity contribution in [3.63, 3.8) is 0 Å². The fourth-order valence-electron chi connectivity index (χ4n) is 3.12. The molecule has 1 amide bonds. The summed E-state index contributed by atoms with van der Waals surface area (Å²) in [5, 5.41) is 0. The minimum Gasteiger partial charge on any atom is -0.460 e. The molecule has 0 aliphatic carbocycles. The van der Waals surface area contributed by atoms with Crippen LogP contribution in [-0.2, 0) is 14.3 Å².